The number of hydrogen-bond donors (Lipinski definition) is 2. The standard InChI is InChI=1S/C37H37BrClN5O5/c1-47-34-21(20-44-18-4-3-11-30(44)37(45)46)19-28(38)36(43-34)49-31-15-13-23-22(7-5-8-24(23)31)25-9-6-10-26(32(25)39)29-14-12-27(35(42-29)48-2)33-40-16-17-41-33/h5-10,12,14,19,30-31H,3-4,11,13,15-18,20H2,1-2H3,(H,40,41)(H,45,46)/t30-,31-/m0/s1. The molecule has 1 fully saturated rings. The van der Waals surface area contributed by atoms with E-state index in [0.717, 1.165) is 84.5 Å². The number of amidine groups is 1. The van der Waals surface area contributed by atoms with Gasteiger partial charge < -0.3 is 24.6 Å². The van der Waals surface area contributed by atoms with Gasteiger partial charge in [0.05, 0.1) is 41.5 Å². The highest BCUT2D eigenvalue weighted by atomic mass is 79.9. The molecule has 0 amide bonds. The molecule has 7 rings (SSSR count). The van der Waals surface area contributed by atoms with Gasteiger partial charge in [-0.2, -0.15) is 4.98 Å². The van der Waals surface area contributed by atoms with Crippen LogP contribution >= 0.6 is 27.5 Å². The number of aliphatic imine (C=N–C) groups is 1. The lowest BCUT2D eigenvalue weighted by molar-refractivity contribution is -0.144. The molecule has 1 aliphatic carbocycles. The van der Waals surface area contributed by atoms with Crippen molar-refractivity contribution in [1.29, 1.82) is 0 Å². The second-order valence-corrected chi connectivity index (χ2v) is 13.6. The number of aliphatic carboxylic acids is 1. The van der Waals surface area contributed by atoms with Crippen LogP contribution in [0.15, 0.2) is 64.1 Å². The van der Waals surface area contributed by atoms with Crippen molar-refractivity contribution < 1.29 is 24.1 Å². The van der Waals surface area contributed by atoms with Crippen molar-refractivity contribution in [1.82, 2.24) is 20.2 Å². The lowest BCUT2D eigenvalue weighted by atomic mass is 9.94. The van der Waals surface area contributed by atoms with Gasteiger partial charge >= 0.3 is 5.97 Å². The predicted molar refractivity (Wildman–Crippen MR) is 192 cm³/mol. The molecule has 2 aromatic heterocycles. The van der Waals surface area contributed by atoms with Crippen LogP contribution in [0.25, 0.3) is 22.4 Å². The fourth-order valence-corrected chi connectivity index (χ4v) is 7.90. The Balaban J connectivity index is 1.15. The van der Waals surface area contributed by atoms with Crippen molar-refractivity contribution in [2.45, 2.75) is 50.8 Å². The summed E-state index contributed by atoms with van der Waals surface area (Å²) in [7, 11) is 3.19. The van der Waals surface area contributed by atoms with Crippen molar-refractivity contribution in [3.63, 3.8) is 0 Å². The number of rotatable bonds is 10. The van der Waals surface area contributed by atoms with Crippen molar-refractivity contribution >= 4 is 39.3 Å². The smallest absolute Gasteiger partial charge is 0.320 e. The molecule has 10 nitrogen and oxygen atoms in total. The topological polar surface area (TPSA) is 118 Å². The second-order valence-electron chi connectivity index (χ2n) is 12.4. The number of nitrogens with zero attached hydrogens (tertiary/aromatic N) is 4. The molecule has 2 aliphatic heterocycles. The first-order valence-corrected chi connectivity index (χ1v) is 17.6. The van der Waals surface area contributed by atoms with Crippen molar-refractivity contribution in [2.75, 3.05) is 33.9 Å². The average Bonchev–Trinajstić information content (AvgIpc) is 3.80. The van der Waals surface area contributed by atoms with Crippen LogP contribution in [0.1, 0.15) is 54.0 Å². The molecule has 1 saturated heterocycles. The summed E-state index contributed by atoms with van der Waals surface area (Å²) >= 11 is 10.8. The Kier molecular flexibility index (Phi) is 9.75. The highest BCUT2D eigenvalue weighted by Gasteiger charge is 2.31. The molecule has 2 N–H and O–H groups in total. The van der Waals surface area contributed by atoms with Gasteiger partial charge in [-0.25, -0.2) is 4.98 Å². The monoisotopic (exact) mass is 745 g/mol. The molecule has 4 aromatic rings. The molecule has 2 atom stereocenters. The number of methoxy groups -OCH3 is 2. The van der Waals surface area contributed by atoms with E-state index in [-0.39, 0.29) is 6.10 Å². The maximum atomic E-state index is 11.9. The van der Waals surface area contributed by atoms with Gasteiger partial charge in [0.25, 0.3) is 0 Å². The fraction of sp³-hybridized carbons (Fsp3) is 0.351. The summed E-state index contributed by atoms with van der Waals surface area (Å²) in [6.07, 6.45) is 3.88. The van der Waals surface area contributed by atoms with Gasteiger partial charge in [-0.05, 0) is 83.0 Å². The largest absolute Gasteiger partial charge is 0.481 e. The number of carboxylic acids is 1. The Labute approximate surface area is 298 Å². The number of ether oxygens (including phenoxy) is 3. The summed E-state index contributed by atoms with van der Waals surface area (Å²) in [6.45, 7) is 2.67. The Morgan fingerprint density at radius 2 is 1.78 bits per heavy atom. The third-order valence-corrected chi connectivity index (χ3v) is 10.4. The van der Waals surface area contributed by atoms with Crippen LogP contribution in [0.2, 0.25) is 5.02 Å². The highest BCUT2D eigenvalue weighted by Crippen LogP contribution is 2.45. The number of piperidine rings is 1. The molecule has 3 aliphatic rings. The zero-order valence-electron chi connectivity index (χ0n) is 27.3. The zero-order chi connectivity index (χ0) is 34.1. The molecule has 49 heavy (non-hydrogen) atoms. The fourth-order valence-electron chi connectivity index (χ4n) is 7.11. The van der Waals surface area contributed by atoms with E-state index >= 15 is 0 Å². The number of halogens is 2. The SMILES string of the molecule is COc1nc(O[C@H]2CCc3c(-c4cccc(-c5ccc(C6=NCCN6)c(OC)n5)c4Cl)cccc32)c(Br)cc1CN1CCCC[C@H]1C(=O)O. The van der Waals surface area contributed by atoms with Gasteiger partial charge in [-0.1, -0.05) is 54.4 Å². The quantitative estimate of drug-likeness (QED) is 0.175. The van der Waals surface area contributed by atoms with E-state index in [1.54, 1.807) is 14.2 Å². The summed E-state index contributed by atoms with van der Waals surface area (Å²) in [5, 5.41) is 13.6. The van der Waals surface area contributed by atoms with E-state index in [4.69, 9.17) is 35.8 Å². The normalized spacial score (nSPS) is 18.8. The van der Waals surface area contributed by atoms with Gasteiger partial charge in [0.1, 0.15) is 18.0 Å². The summed E-state index contributed by atoms with van der Waals surface area (Å²) in [4.78, 5) is 27.9. The molecule has 0 spiro atoms. The van der Waals surface area contributed by atoms with E-state index < -0.39 is 12.0 Å². The zero-order valence-corrected chi connectivity index (χ0v) is 29.7. The molecule has 2 aromatic carbocycles. The van der Waals surface area contributed by atoms with Crippen LogP contribution in [0.4, 0.5) is 0 Å². The summed E-state index contributed by atoms with van der Waals surface area (Å²) in [6, 6.07) is 17.6. The first-order valence-electron chi connectivity index (χ1n) is 16.5. The maximum absolute atomic E-state index is 11.9. The molecule has 254 valence electrons. The van der Waals surface area contributed by atoms with E-state index in [0.29, 0.717) is 45.8 Å². The van der Waals surface area contributed by atoms with E-state index in [1.807, 2.05) is 47.4 Å². The van der Waals surface area contributed by atoms with E-state index in [1.165, 1.54) is 5.56 Å². The average molecular weight is 747 g/mol. The van der Waals surface area contributed by atoms with Crippen LogP contribution in [-0.4, -0.2) is 71.7 Å². The first kappa shape index (κ1) is 33.3. The van der Waals surface area contributed by atoms with Crippen LogP contribution in [0.3, 0.4) is 0 Å². The number of hydrogen-bond acceptors (Lipinski definition) is 9. The summed E-state index contributed by atoms with van der Waals surface area (Å²) in [5.41, 5.74) is 7.41. The first-order chi connectivity index (χ1) is 23.9. The molecule has 0 saturated carbocycles. The molecule has 0 unspecified atom stereocenters. The van der Waals surface area contributed by atoms with E-state index in [2.05, 4.69) is 38.4 Å². The Hall–Kier alpha value is -4.19. The summed E-state index contributed by atoms with van der Waals surface area (Å²) < 4.78 is 18.6. The van der Waals surface area contributed by atoms with E-state index in [9.17, 15) is 9.90 Å². The number of carboxylic acid groups (broad SMARTS) is 1. The molecular formula is C37H37BrClN5O5. The molecule has 4 heterocycles. The van der Waals surface area contributed by atoms with Gasteiger partial charge in [-0.15, -0.1) is 0 Å². The van der Waals surface area contributed by atoms with Crippen LogP contribution in [0.5, 0.6) is 17.6 Å². The van der Waals surface area contributed by atoms with Gasteiger partial charge in [0.2, 0.25) is 17.6 Å². The number of nitrogens with one attached hydrogen (secondary N) is 1. The molecule has 0 radical (unpaired) electrons. The third kappa shape index (κ3) is 6.59. The number of pyridine rings is 2. The Bertz CT molecular complexity index is 1940. The van der Waals surface area contributed by atoms with Crippen molar-refractivity contribution in [2.24, 2.45) is 4.99 Å². The van der Waals surface area contributed by atoms with Gasteiger partial charge in [-0.3, -0.25) is 14.7 Å². The number of aromatic nitrogens is 2. The predicted octanol–water partition coefficient (Wildman–Crippen LogP) is 7.10. The minimum absolute atomic E-state index is 0.222. The molecule has 0 bridgehead atoms. The number of fused-ring (bicyclic) bond motifs is 1. The maximum Gasteiger partial charge on any atom is 0.320 e. The minimum Gasteiger partial charge on any atom is -0.481 e. The van der Waals surface area contributed by atoms with Gasteiger partial charge in [0.15, 0.2) is 0 Å². The number of likely N-dealkylation sites (tertiary alicyclic amines) is 1. The number of carbonyl (C=O) groups is 1. The molecule has 12 heteroatoms. The lowest BCUT2D eigenvalue weighted by Gasteiger charge is -2.33. The van der Waals surface area contributed by atoms with Gasteiger partial charge in [0, 0.05) is 29.8 Å². The summed E-state index contributed by atoms with van der Waals surface area (Å²) in [5.74, 6) is 1.34. The second kappa shape index (κ2) is 14.3. The van der Waals surface area contributed by atoms with Crippen molar-refractivity contribution in [3.8, 4) is 40.0 Å². The van der Waals surface area contributed by atoms with Crippen LogP contribution in [-0.2, 0) is 17.8 Å². The Morgan fingerprint density at radius 3 is 2.55 bits per heavy atom. The van der Waals surface area contributed by atoms with Crippen molar-refractivity contribution in [3.05, 3.63) is 86.3 Å². The molecular weight excluding hydrogens is 710 g/mol. The number of benzene rings is 2. The third-order valence-electron chi connectivity index (χ3n) is 9.47. The van der Waals surface area contributed by atoms with Crippen LogP contribution < -0.4 is 19.5 Å². The highest BCUT2D eigenvalue weighted by molar-refractivity contribution is 9.10. The van der Waals surface area contributed by atoms with Crippen LogP contribution in [0, 0.1) is 0 Å². The Morgan fingerprint density at radius 1 is 0.980 bits per heavy atom. The minimum atomic E-state index is -0.795. The lowest BCUT2D eigenvalue weighted by Crippen LogP contribution is -2.44.